The van der Waals surface area contributed by atoms with Crippen molar-refractivity contribution in [2.45, 2.75) is 26.2 Å². The van der Waals surface area contributed by atoms with Gasteiger partial charge in [0, 0.05) is 5.56 Å². The molecule has 86 valence electrons. The standard InChI is InChI=1S/C14H18OS/c1-11(15)14-5-3-2-4-13(14)10-12-6-8-16-9-7-12/h2-5,12H,6-10H2,1H3. The van der Waals surface area contributed by atoms with Gasteiger partial charge >= 0.3 is 0 Å². The van der Waals surface area contributed by atoms with Crippen molar-refractivity contribution in [2.75, 3.05) is 11.5 Å². The fraction of sp³-hybridized carbons (Fsp3) is 0.500. The van der Waals surface area contributed by atoms with Crippen molar-refractivity contribution in [2.24, 2.45) is 5.92 Å². The van der Waals surface area contributed by atoms with Gasteiger partial charge in [0.05, 0.1) is 0 Å². The van der Waals surface area contributed by atoms with E-state index in [-0.39, 0.29) is 5.78 Å². The van der Waals surface area contributed by atoms with Crippen molar-refractivity contribution in [3.8, 4) is 0 Å². The Labute approximate surface area is 102 Å². The summed E-state index contributed by atoms with van der Waals surface area (Å²) in [6.45, 7) is 1.66. The van der Waals surface area contributed by atoms with Crippen LogP contribution >= 0.6 is 11.8 Å². The lowest BCUT2D eigenvalue weighted by atomic mass is 9.91. The van der Waals surface area contributed by atoms with Crippen molar-refractivity contribution in [1.29, 1.82) is 0 Å². The van der Waals surface area contributed by atoms with Gasteiger partial charge in [-0.25, -0.2) is 0 Å². The van der Waals surface area contributed by atoms with Crippen LogP contribution in [0.3, 0.4) is 0 Å². The third-order valence-corrected chi connectivity index (χ3v) is 4.29. The Morgan fingerprint density at radius 1 is 1.31 bits per heavy atom. The zero-order valence-corrected chi connectivity index (χ0v) is 10.6. The molecule has 16 heavy (non-hydrogen) atoms. The average molecular weight is 234 g/mol. The third-order valence-electron chi connectivity index (χ3n) is 3.25. The zero-order chi connectivity index (χ0) is 11.4. The molecule has 0 saturated carbocycles. The molecule has 1 nitrogen and oxygen atoms in total. The van der Waals surface area contributed by atoms with Gasteiger partial charge in [0.25, 0.3) is 0 Å². The number of hydrogen-bond donors (Lipinski definition) is 0. The second-order valence-corrected chi connectivity index (χ2v) is 5.70. The van der Waals surface area contributed by atoms with Gasteiger partial charge in [0.2, 0.25) is 0 Å². The van der Waals surface area contributed by atoms with Crippen LogP contribution in [-0.4, -0.2) is 17.3 Å². The normalized spacial score (nSPS) is 17.3. The molecule has 1 fully saturated rings. The minimum absolute atomic E-state index is 0.195. The highest BCUT2D eigenvalue weighted by molar-refractivity contribution is 7.99. The van der Waals surface area contributed by atoms with E-state index >= 15 is 0 Å². The lowest BCUT2D eigenvalue weighted by Crippen LogP contribution is -2.13. The van der Waals surface area contributed by atoms with Crippen molar-refractivity contribution in [1.82, 2.24) is 0 Å². The molecule has 1 aromatic rings. The molecular weight excluding hydrogens is 216 g/mol. The van der Waals surface area contributed by atoms with Crippen molar-refractivity contribution in [3.63, 3.8) is 0 Å². The monoisotopic (exact) mass is 234 g/mol. The lowest BCUT2D eigenvalue weighted by Gasteiger charge is -2.22. The van der Waals surface area contributed by atoms with Crippen molar-refractivity contribution < 1.29 is 4.79 Å². The topological polar surface area (TPSA) is 17.1 Å². The molecule has 1 aromatic carbocycles. The molecule has 0 unspecified atom stereocenters. The van der Waals surface area contributed by atoms with Gasteiger partial charge in [-0.2, -0.15) is 11.8 Å². The second kappa shape index (κ2) is 5.53. The summed E-state index contributed by atoms with van der Waals surface area (Å²) in [6, 6.07) is 8.06. The summed E-state index contributed by atoms with van der Waals surface area (Å²) in [5.74, 6) is 3.54. The maximum atomic E-state index is 11.5. The molecule has 0 spiro atoms. The maximum absolute atomic E-state index is 11.5. The van der Waals surface area contributed by atoms with Gasteiger partial charge in [0.1, 0.15) is 0 Å². The molecule has 0 radical (unpaired) electrons. The molecule has 2 rings (SSSR count). The van der Waals surface area contributed by atoms with E-state index in [1.807, 2.05) is 18.2 Å². The second-order valence-electron chi connectivity index (χ2n) is 4.47. The first-order chi connectivity index (χ1) is 7.77. The van der Waals surface area contributed by atoms with E-state index in [0.717, 1.165) is 17.9 Å². The van der Waals surface area contributed by atoms with Crippen molar-refractivity contribution in [3.05, 3.63) is 35.4 Å². The summed E-state index contributed by atoms with van der Waals surface area (Å²) in [5, 5.41) is 0. The number of rotatable bonds is 3. The van der Waals surface area contributed by atoms with Crippen LogP contribution in [0.1, 0.15) is 35.7 Å². The van der Waals surface area contributed by atoms with Crippen LogP contribution in [-0.2, 0) is 6.42 Å². The van der Waals surface area contributed by atoms with Crippen LogP contribution in [0.4, 0.5) is 0 Å². The number of carbonyl (C=O) groups excluding carboxylic acids is 1. The summed E-state index contributed by atoms with van der Waals surface area (Å²) in [6.07, 6.45) is 3.68. The largest absolute Gasteiger partial charge is 0.295 e. The van der Waals surface area contributed by atoms with Gasteiger partial charge in [-0.15, -0.1) is 0 Å². The number of hydrogen-bond acceptors (Lipinski definition) is 2. The van der Waals surface area contributed by atoms with E-state index in [0.29, 0.717) is 0 Å². The smallest absolute Gasteiger partial charge is 0.160 e. The van der Waals surface area contributed by atoms with Gasteiger partial charge in [-0.1, -0.05) is 24.3 Å². The summed E-state index contributed by atoms with van der Waals surface area (Å²) < 4.78 is 0. The summed E-state index contributed by atoms with van der Waals surface area (Å²) in [4.78, 5) is 11.5. The van der Waals surface area contributed by atoms with Crippen LogP contribution in [0.5, 0.6) is 0 Å². The molecule has 1 aliphatic heterocycles. The minimum atomic E-state index is 0.195. The van der Waals surface area contributed by atoms with Gasteiger partial charge in [-0.05, 0) is 49.2 Å². The van der Waals surface area contributed by atoms with Crippen molar-refractivity contribution >= 4 is 17.5 Å². The molecule has 0 aliphatic carbocycles. The maximum Gasteiger partial charge on any atom is 0.160 e. The van der Waals surface area contributed by atoms with E-state index in [2.05, 4.69) is 17.8 Å². The first kappa shape index (κ1) is 11.7. The van der Waals surface area contributed by atoms with Gasteiger partial charge < -0.3 is 0 Å². The number of carbonyl (C=O) groups is 1. The van der Waals surface area contributed by atoms with Crippen LogP contribution in [0.15, 0.2) is 24.3 Å². The summed E-state index contributed by atoms with van der Waals surface area (Å²) in [5.41, 5.74) is 2.16. The highest BCUT2D eigenvalue weighted by atomic mass is 32.2. The predicted octanol–water partition coefficient (Wildman–Crippen LogP) is 3.57. The molecule has 1 aliphatic rings. The Morgan fingerprint density at radius 2 is 2.00 bits per heavy atom. The molecule has 2 heteroatoms. The van der Waals surface area contributed by atoms with Crippen LogP contribution in [0, 0.1) is 5.92 Å². The van der Waals surface area contributed by atoms with Crippen LogP contribution < -0.4 is 0 Å². The Bertz CT molecular complexity index is 367. The summed E-state index contributed by atoms with van der Waals surface area (Å²) in [7, 11) is 0. The van der Waals surface area contributed by atoms with E-state index in [1.54, 1.807) is 6.92 Å². The molecular formula is C14H18OS. The molecule has 0 atom stereocenters. The quantitative estimate of drug-likeness (QED) is 0.744. The van der Waals surface area contributed by atoms with Gasteiger partial charge in [-0.3, -0.25) is 4.79 Å². The van der Waals surface area contributed by atoms with Crippen LogP contribution in [0.2, 0.25) is 0 Å². The number of ketones is 1. The fourth-order valence-corrected chi connectivity index (χ4v) is 3.51. The van der Waals surface area contributed by atoms with Crippen LogP contribution in [0.25, 0.3) is 0 Å². The molecule has 0 aromatic heterocycles. The van der Waals surface area contributed by atoms with E-state index in [9.17, 15) is 4.79 Å². The Hall–Kier alpha value is -0.760. The highest BCUT2D eigenvalue weighted by Crippen LogP contribution is 2.27. The molecule has 1 saturated heterocycles. The van der Waals surface area contributed by atoms with E-state index < -0.39 is 0 Å². The lowest BCUT2D eigenvalue weighted by molar-refractivity contribution is 0.101. The Kier molecular flexibility index (Phi) is 4.05. The minimum Gasteiger partial charge on any atom is -0.295 e. The average Bonchev–Trinajstić information content (AvgIpc) is 2.31. The molecule has 0 amide bonds. The van der Waals surface area contributed by atoms with Gasteiger partial charge in [0.15, 0.2) is 5.78 Å². The molecule has 0 bridgehead atoms. The van der Waals surface area contributed by atoms with E-state index in [1.165, 1.54) is 29.9 Å². The first-order valence-electron chi connectivity index (χ1n) is 5.94. The predicted molar refractivity (Wildman–Crippen MR) is 70.2 cm³/mol. The zero-order valence-electron chi connectivity index (χ0n) is 9.74. The fourth-order valence-electron chi connectivity index (χ4n) is 2.30. The molecule has 0 N–H and O–H groups in total. The van der Waals surface area contributed by atoms with E-state index in [4.69, 9.17) is 0 Å². The Morgan fingerprint density at radius 3 is 2.69 bits per heavy atom. The number of benzene rings is 1. The number of thioether (sulfide) groups is 1. The first-order valence-corrected chi connectivity index (χ1v) is 7.09. The molecule has 1 heterocycles. The Balaban J connectivity index is 2.10. The summed E-state index contributed by atoms with van der Waals surface area (Å²) >= 11 is 2.05. The number of Topliss-reactive ketones (excluding diaryl/α,β-unsaturated/α-hetero) is 1. The SMILES string of the molecule is CC(=O)c1ccccc1CC1CCSCC1. The highest BCUT2D eigenvalue weighted by Gasteiger charge is 2.16. The third kappa shape index (κ3) is 2.88.